The minimum absolute atomic E-state index is 0.0449. The lowest BCUT2D eigenvalue weighted by Crippen LogP contribution is -2.43. The number of urea groups is 1. The first kappa shape index (κ1) is 24.9. The zero-order valence-electron chi connectivity index (χ0n) is 21.3. The van der Waals surface area contributed by atoms with Crippen LogP contribution in [0, 0.1) is 11.6 Å². The first-order chi connectivity index (χ1) is 17.8. The summed E-state index contributed by atoms with van der Waals surface area (Å²) in [6.07, 6.45) is 5.52. The summed E-state index contributed by atoms with van der Waals surface area (Å²) in [5.41, 5.74) is 3.31. The van der Waals surface area contributed by atoms with E-state index in [1.54, 1.807) is 30.1 Å². The van der Waals surface area contributed by atoms with E-state index in [1.807, 2.05) is 17.8 Å². The van der Waals surface area contributed by atoms with Crippen LogP contribution in [0.3, 0.4) is 0 Å². The molecule has 37 heavy (non-hydrogen) atoms. The molecule has 0 saturated carbocycles. The van der Waals surface area contributed by atoms with Crippen molar-refractivity contribution in [1.29, 1.82) is 0 Å². The van der Waals surface area contributed by atoms with Gasteiger partial charge < -0.3 is 19.4 Å². The maximum Gasteiger partial charge on any atom is 0.319 e. The van der Waals surface area contributed by atoms with Crippen LogP contribution in [0.4, 0.5) is 19.4 Å². The summed E-state index contributed by atoms with van der Waals surface area (Å²) < 4.78 is 35.0. The fourth-order valence-electron chi connectivity index (χ4n) is 4.78. The van der Waals surface area contributed by atoms with Crippen LogP contribution in [0.5, 0.6) is 5.75 Å². The molecule has 0 unspecified atom stereocenters. The third-order valence-corrected chi connectivity index (χ3v) is 6.80. The van der Waals surface area contributed by atoms with Crippen molar-refractivity contribution in [2.45, 2.75) is 45.4 Å². The van der Waals surface area contributed by atoms with Crippen LogP contribution in [-0.2, 0) is 19.5 Å². The van der Waals surface area contributed by atoms with E-state index in [1.165, 1.54) is 12.1 Å². The number of fused-ring (bicyclic) bond motifs is 1. The molecule has 1 fully saturated rings. The summed E-state index contributed by atoms with van der Waals surface area (Å²) in [7, 11) is 3.49. The Balaban J connectivity index is 1.39. The van der Waals surface area contributed by atoms with Crippen LogP contribution in [0.1, 0.15) is 31.2 Å². The van der Waals surface area contributed by atoms with Crippen molar-refractivity contribution in [3.8, 4) is 17.0 Å². The second kappa shape index (κ2) is 10.3. The second-order valence-corrected chi connectivity index (χ2v) is 9.60. The molecular formula is C26H31F2N7O2. The Labute approximate surface area is 214 Å². The largest absolute Gasteiger partial charge is 0.487 e. The first-order valence-corrected chi connectivity index (χ1v) is 12.6. The molecule has 1 aromatic carbocycles. The van der Waals surface area contributed by atoms with E-state index in [2.05, 4.69) is 10.00 Å². The van der Waals surface area contributed by atoms with E-state index in [-0.39, 0.29) is 17.9 Å². The number of rotatable bonds is 5. The van der Waals surface area contributed by atoms with Crippen molar-refractivity contribution in [2.75, 3.05) is 38.6 Å². The molecule has 2 amide bonds. The predicted octanol–water partition coefficient (Wildman–Crippen LogP) is 3.73. The second-order valence-electron chi connectivity index (χ2n) is 9.60. The molecule has 4 heterocycles. The molecule has 11 heteroatoms. The van der Waals surface area contributed by atoms with Crippen LogP contribution in [0.15, 0.2) is 30.6 Å². The zero-order valence-corrected chi connectivity index (χ0v) is 21.3. The number of aryl methyl sites for hydroxylation is 1. The summed E-state index contributed by atoms with van der Waals surface area (Å²) in [4.78, 5) is 28.2. The van der Waals surface area contributed by atoms with Crippen molar-refractivity contribution in [3.05, 3.63) is 53.6 Å². The molecule has 5 rings (SSSR count). The number of hydrogen-bond acceptors (Lipinski definition) is 6. The minimum Gasteiger partial charge on any atom is -0.487 e. The van der Waals surface area contributed by atoms with E-state index in [0.717, 1.165) is 41.1 Å². The van der Waals surface area contributed by atoms with E-state index >= 15 is 0 Å². The van der Waals surface area contributed by atoms with E-state index < -0.39 is 11.6 Å². The number of hydrogen-bond donors (Lipinski definition) is 0. The highest BCUT2D eigenvalue weighted by atomic mass is 19.1. The number of amides is 2. The lowest BCUT2D eigenvalue weighted by molar-refractivity contribution is 0.163. The van der Waals surface area contributed by atoms with Gasteiger partial charge in [0.15, 0.2) is 17.4 Å². The molecule has 2 aromatic heterocycles. The van der Waals surface area contributed by atoms with Gasteiger partial charge in [-0.1, -0.05) is 0 Å². The molecule has 1 saturated heterocycles. The molecule has 3 aromatic rings. The molecule has 0 N–H and O–H groups in total. The Hall–Kier alpha value is -3.76. The van der Waals surface area contributed by atoms with Crippen molar-refractivity contribution < 1.29 is 18.3 Å². The highest BCUT2D eigenvalue weighted by Crippen LogP contribution is 2.33. The zero-order chi connectivity index (χ0) is 26.1. The Bertz CT molecular complexity index is 1290. The SMILES string of the molecule is CCn1cc(-c2nc3c(nc2N2CCC(Oc4ccc(F)cc4F)CC2)CCN(C(=O)N(C)C)C3)cn1. The molecular weight excluding hydrogens is 480 g/mol. The van der Waals surface area contributed by atoms with Crippen LogP contribution in [-0.4, -0.2) is 75.4 Å². The number of nitrogens with zero attached hydrogens (tertiary/aromatic N) is 7. The van der Waals surface area contributed by atoms with Crippen molar-refractivity contribution >= 4 is 11.8 Å². The third kappa shape index (κ3) is 5.21. The van der Waals surface area contributed by atoms with Gasteiger partial charge in [0, 0.05) is 77.4 Å². The molecule has 196 valence electrons. The average Bonchev–Trinajstić information content (AvgIpc) is 3.38. The Morgan fingerprint density at radius 1 is 1.14 bits per heavy atom. The van der Waals surface area contributed by atoms with E-state index in [4.69, 9.17) is 14.7 Å². The Morgan fingerprint density at radius 3 is 2.59 bits per heavy atom. The number of benzene rings is 1. The number of halogens is 2. The van der Waals surface area contributed by atoms with Gasteiger partial charge in [0.2, 0.25) is 0 Å². The van der Waals surface area contributed by atoms with Gasteiger partial charge >= 0.3 is 6.03 Å². The van der Waals surface area contributed by atoms with Gasteiger partial charge in [-0.3, -0.25) is 4.68 Å². The minimum atomic E-state index is -0.694. The highest BCUT2D eigenvalue weighted by molar-refractivity contribution is 5.75. The highest BCUT2D eigenvalue weighted by Gasteiger charge is 2.30. The quantitative estimate of drug-likeness (QED) is 0.520. The Kier molecular flexibility index (Phi) is 6.94. The van der Waals surface area contributed by atoms with Gasteiger partial charge in [0.1, 0.15) is 17.6 Å². The maximum absolute atomic E-state index is 14.1. The monoisotopic (exact) mass is 511 g/mol. The standard InChI is InChI=1S/C26H31F2N7O2/c1-4-35-15-17(14-29-35)24-25(31-21-9-12-34(16-22(21)30-24)26(36)32(2)3)33-10-7-19(8-11-33)37-23-6-5-18(27)13-20(23)28/h5-6,13-15,19H,4,7-12,16H2,1-3H3. The number of aromatic nitrogens is 4. The third-order valence-electron chi connectivity index (χ3n) is 6.80. The van der Waals surface area contributed by atoms with Gasteiger partial charge in [-0.2, -0.15) is 5.10 Å². The van der Waals surface area contributed by atoms with E-state index in [9.17, 15) is 13.6 Å². The van der Waals surface area contributed by atoms with Crippen molar-refractivity contribution in [3.63, 3.8) is 0 Å². The van der Waals surface area contributed by atoms with Gasteiger partial charge in [-0.05, 0) is 19.1 Å². The van der Waals surface area contributed by atoms with Gasteiger partial charge in [0.05, 0.1) is 24.1 Å². The average molecular weight is 512 g/mol. The summed E-state index contributed by atoms with van der Waals surface area (Å²) in [5.74, 6) is -0.468. The fourth-order valence-corrected chi connectivity index (χ4v) is 4.78. The summed E-state index contributed by atoms with van der Waals surface area (Å²) in [6.45, 7) is 5.07. The molecule has 9 nitrogen and oxygen atoms in total. The number of carbonyl (C=O) groups is 1. The summed E-state index contributed by atoms with van der Waals surface area (Å²) in [6, 6.07) is 3.33. The fraction of sp³-hybridized carbons (Fsp3) is 0.462. The van der Waals surface area contributed by atoms with E-state index in [0.29, 0.717) is 45.4 Å². The van der Waals surface area contributed by atoms with Crippen molar-refractivity contribution in [2.24, 2.45) is 0 Å². The number of ether oxygens (including phenoxy) is 1. The normalized spacial score (nSPS) is 16.0. The van der Waals surface area contributed by atoms with Gasteiger partial charge in [0.25, 0.3) is 0 Å². The molecule has 0 aliphatic carbocycles. The van der Waals surface area contributed by atoms with Crippen LogP contribution in [0.25, 0.3) is 11.3 Å². The molecule has 0 bridgehead atoms. The summed E-state index contributed by atoms with van der Waals surface area (Å²) in [5, 5.41) is 4.43. The Morgan fingerprint density at radius 2 is 1.92 bits per heavy atom. The van der Waals surface area contributed by atoms with Crippen LogP contribution < -0.4 is 9.64 Å². The topological polar surface area (TPSA) is 79.6 Å². The molecule has 0 radical (unpaired) electrons. The van der Waals surface area contributed by atoms with Crippen LogP contribution >= 0.6 is 0 Å². The predicted molar refractivity (Wildman–Crippen MR) is 134 cm³/mol. The lowest BCUT2D eigenvalue weighted by Gasteiger charge is -2.35. The summed E-state index contributed by atoms with van der Waals surface area (Å²) >= 11 is 0. The molecule has 0 spiro atoms. The maximum atomic E-state index is 14.1. The smallest absolute Gasteiger partial charge is 0.319 e. The first-order valence-electron chi connectivity index (χ1n) is 12.6. The van der Waals surface area contributed by atoms with Gasteiger partial charge in [-0.25, -0.2) is 23.5 Å². The molecule has 2 aliphatic heterocycles. The number of anilines is 1. The van der Waals surface area contributed by atoms with Gasteiger partial charge in [-0.15, -0.1) is 0 Å². The molecule has 0 atom stereocenters. The molecule has 2 aliphatic rings. The van der Waals surface area contributed by atoms with Crippen molar-refractivity contribution in [1.82, 2.24) is 29.5 Å². The van der Waals surface area contributed by atoms with Crippen LogP contribution in [0.2, 0.25) is 0 Å². The number of piperidine rings is 1. The lowest BCUT2D eigenvalue weighted by atomic mass is 10.1. The number of carbonyl (C=O) groups excluding carboxylic acids is 1.